The molecule has 1 saturated heterocycles. The number of rotatable bonds is 7. The summed E-state index contributed by atoms with van der Waals surface area (Å²) in [7, 11) is 0. The van der Waals surface area contributed by atoms with Crippen molar-refractivity contribution in [3.8, 4) is 5.75 Å². The number of amides is 1. The normalized spacial score (nSPS) is 18.6. The van der Waals surface area contributed by atoms with Crippen LogP contribution in [-0.4, -0.2) is 30.5 Å². The summed E-state index contributed by atoms with van der Waals surface area (Å²) in [5, 5.41) is 0. The van der Waals surface area contributed by atoms with Gasteiger partial charge >= 0.3 is 0 Å². The standard InChI is InChI=1S/C16H24N2O2/c1-2-4-14-10-16(19)18(12-14)7-8-20-15-6-3-5-13(9-15)11-17/h3,5-6,9,14H,2,4,7-8,10-12,17H2,1H3. The van der Waals surface area contributed by atoms with Crippen molar-refractivity contribution in [2.24, 2.45) is 11.7 Å². The highest BCUT2D eigenvalue weighted by molar-refractivity contribution is 5.78. The summed E-state index contributed by atoms with van der Waals surface area (Å²) in [5.41, 5.74) is 6.66. The summed E-state index contributed by atoms with van der Waals surface area (Å²) < 4.78 is 5.70. The number of nitrogens with two attached hydrogens (primary N) is 1. The summed E-state index contributed by atoms with van der Waals surface area (Å²) in [6, 6.07) is 7.79. The van der Waals surface area contributed by atoms with Gasteiger partial charge in [0.15, 0.2) is 0 Å². The van der Waals surface area contributed by atoms with Gasteiger partial charge in [-0.2, -0.15) is 0 Å². The van der Waals surface area contributed by atoms with Crippen LogP contribution in [0.1, 0.15) is 31.7 Å². The zero-order valence-electron chi connectivity index (χ0n) is 12.2. The number of likely N-dealkylation sites (tertiary alicyclic amines) is 1. The van der Waals surface area contributed by atoms with Gasteiger partial charge in [-0.15, -0.1) is 0 Å². The molecule has 0 bridgehead atoms. The molecule has 1 atom stereocenters. The molecule has 1 heterocycles. The minimum atomic E-state index is 0.266. The van der Waals surface area contributed by atoms with Crippen LogP contribution in [0.15, 0.2) is 24.3 Å². The van der Waals surface area contributed by atoms with Crippen LogP contribution < -0.4 is 10.5 Å². The van der Waals surface area contributed by atoms with E-state index < -0.39 is 0 Å². The molecular weight excluding hydrogens is 252 g/mol. The summed E-state index contributed by atoms with van der Waals surface area (Å²) in [6.07, 6.45) is 2.99. The average Bonchev–Trinajstić information content (AvgIpc) is 2.80. The lowest BCUT2D eigenvalue weighted by molar-refractivity contribution is -0.128. The molecule has 1 aromatic rings. The largest absolute Gasteiger partial charge is 0.492 e. The van der Waals surface area contributed by atoms with E-state index in [1.54, 1.807) is 0 Å². The van der Waals surface area contributed by atoms with Crippen LogP contribution >= 0.6 is 0 Å². The Bertz CT molecular complexity index is 448. The number of carbonyl (C=O) groups is 1. The lowest BCUT2D eigenvalue weighted by atomic mass is 10.0. The number of nitrogens with zero attached hydrogens (tertiary/aromatic N) is 1. The Morgan fingerprint density at radius 3 is 3.05 bits per heavy atom. The van der Waals surface area contributed by atoms with E-state index in [0.717, 1.165) is 30.7 Å². The Morgan fingerprint density at radius 2 is 2.30 bits per heavy atom. The van der Waals surface area contributed by atoms with Crippen LogP contribution in [0.3, 0.4) is 0 Å². The first kappa shape index (κ1) is 14.9. The van der Waals surface area contributed by atoms with E-state index in [1.807, 2.05) is 29.2 Å². The van der Waals surface area contributed by atoms with E-state index in [0.29, 0.717) is 32.0 Å². The van der Waals surface area contributed by atoms with Crippen molar-refractivity contribution >= 4 is 5.91 Å². The smallest absolute Gasteiger partial charge is 0.223 e. The van der Waals surface area contributed by atoms with Crippen LogP contribution in [0.25, 0.3) is 0 Å². The molecule has 2 rings (SSSR count). The fourth-order valence-corrected chi connectivity index (χ4v) is 2.71. The molecule has 1 amide bonds. The zero-order chi connectivity index (χ0) is 14.4. The number of carbonyl (C=O) groups excluding carboxylic acids is 1. The van der Waals surface area contributed by atoms with Crippen molar-refractivity contribution in [2.45, 2.75) is 32.7 Å². The average molecular weight is 276 g/mol. The minimum absolute atomic E-state index is 0.266. The maximum absolute atomic E-state index is 11.9. The lowest BCUT2D eigenvalue weighted by Crippen LogP contribution is -2.29. The zero-order valence-corrected chi connectivity index (χ0v) is 12.2. The van der Waals surface area contributed by atoms with Gasteiger partial charge in [0.2, 0.25) is 5.91 Å². The van der Waals surface area contributed by atoms with Crippen molar-refractivity contribution in [3.63, 3.8) is 0 Å². The molecule has 1 fully saturated rings. The molecule has 1 unspecified atom stereocenters. The van der Waals surface area contributed by atoms with E-state index in [-0.39, 0.29) is 5.91 Å². The molecule has 4 nitrogen and oxygen atoms in total. The van der Waals surface area contributed by atoms with Crippen molar-refractivity contribution < 1.29 is 9.53 Å². The Morgan fingerprint density at radius 1 is 1.45 bits per heavy atom. The quantitative estimate of drug-likeness (QED) is 0.830. The van der Waals surface area contributed by atoms with Crippen LogP contribution in [-0.2, 0) is 11.3 Å². The molecule has 1 aliphatic rings. The van der Waals surface area contributed by atoms with Gasteiger partial charge in [0.1, 0.15) is 12.4 Å². The molecule has 0 spiro atoms. The highest BCUT2D eigenvalue weighted by Crippen LogP contribution is 2.22. The molecule has 1 aromatic carbocycles. The van der Waals surface area contributed by atoms with Gasteiger partial charge in [-0.3, -0.25) is 4.79 Å². The number of ether oxygens (including phenoxy) is 1. The first-order valence-electron chi connectivity index (χ1n) is 7.42. The molecule has 4 heteroatoms. The Balaban J connectivity index is 1.76. The lowest BCUT2D eigenvalue weighted by Gasteiger charge is -2.17. The molecule has 1 aliphatic heterocycles. The van der Waals surface area contributed by atoms with Crippen LogP contribution in [0.4, 0.5) is 0 Å². The van der Waals surface area contributed by atoms with Gasteiger partial charge in [0, 0.05) is 19.5 Å². The number of hydrogen-bond acceptors (Lipinski definition) is 3. The predicted molar refractivity (Wildman–Crippen MR) is 79.4 cm³/mol. The van der Waals surface area contributed by atoms with Crippen molar-refractivity contribution in [1.29, 1.82) is 0 Å². The van der Waals surface area contributed by atoms with Gasteiger partial charge < -0.3 is 15.4 Å². The molecule has 0 saturated carbocycles. The molecule has 2 N–H and O–H groups in total. The van der Waals surface area contributed by atoms with Gasteiger partial charge in [-0.25, -0.2) is 0 Å². The molecule has 0 aromatic heterocycles. The fourth-order valence-electron chi connectivity index (χ4n) is 2.71. The molecule has 20 heavy (non-hydrogen) atoms. The maximum Gasteiger partial charge on any atom is 0.223 e. The maximum atomic E-state index is 11.9. The molecule has 0 aliphatic carbocycles. The molecule has 0 radical (unpaired) electrons. The third-order valence-electron chi connectivity index (χ3n) is 3.76. The summed E-state index contributed by atoms with van der Waals surface area (Å²) in [5.74, 6) is 1.63. The van der Waals surface area contributed by atoms with E-state index in [9.17, 15) is 4.79 Å². The highest BCUT2D eigenvalue weighted by atomic mass is 16.5. The van der Waals surface area contributed by atoms with E-state index in [4.69, 9.17) is 10.5 Å². The van der Waals surface area contributed by atoms with E-state index in [2.05, 4.69) is 6.92 Å². The fraction of sp³-hybridized carbons (Fsp3) is 0.562. The van der Waals surface area contributed by atoms with E-state index in [1.165, 1.54) is 0 Å². The summed E-state index contributed by atoms with van der Waals surface area (Å²) in [6.45, 7) is 4.78. The van der Waals surface area contributed by atoms with Crippen molar-refractivity contribution in [2.75, 3.05) is 19.7 Å². The first-order chi connectivity index (χ1) is 9.72. The van der Waals surface area contributed by atoms with Gasteiger partial charge in [0.05, 0.1) is 6.54 Å². The third-order valence-corrected chi connectivity index (χ3v) is 3.76. The van der Waals surface area contributed by atoms with Gasteiger partial charge in [-0.1, -0.05) is 25.5 Å². The summed E-state index contributed by atoms with van der Waals surface area (Å²) >= 11 is 0. The second-order valence-corrected chi connectivity index (χ2v) is 5.40. The second kappa shape index (κ2) is 7.29. The van der Waals surface area contributed by atoms with E-state index >= 15 is 0 Å². The molecule has 110 valence electrons. The number of benzene rings is 1. The Hall–Kier alpha value is -1.55. The van der Waals surface area contributed by atoms with Gasteiger partial charge in [-0.05, 0) is 30.0 Å². The first-order valence-corrected chi connectivity index (χ1v) is 7.42. The van der Waals surface area contributed by atoms with Crippen LogP contribution in [0.2, 0.25) is 0 Å². The Kier molecular flexibility index (Phi) is 5.41. The minimum Gasteiger partial charge on any atom is -0.492 e. The van der Waals surface area contributed by atoms with Gasteiger partial charge in [0.25, 0.3) is 0 Å². The summed E-state index contributed by atoms with van der Waals surface area (Å²) in [4.78, 5) is 13.8. The van der Waals surface area contributed by atoms with Crippen LogP contribution in [0, 0.1) is 5.92 Å². The van der Waals surface area contributed by atoms with Crippen molar-refractivity contribution in [3.05, 3.63) is 29.8 Å². The highest BCUT2D eigenvalue weighted by Gasteiger charge is 2.28. The predicted octanol–water partition coefficient (Wildman–Crippen LogP) is 2.17. The molecular formula is C16H24N2O2. The topological polar surface area (TPSA) is 55.6 Å². The van der Waals surface area contributed by atoms with Crippen LogP contribution in [0.5, 0.6) is 5.75 Å². The number of hydrogen-bond donors (Lipinski definition) is 1. The van der Waals surface area contributed by atoms with Crippen molar-refractivity contribution in [1.82, 2.24) is 4.90 Å². The SMILES string of the molecule is CCCC1CC(=O)N(CCOc2cccc(CN)c2)C1. The Labute approximate surface area is 120 Å². The third kappa shape index (κ3) is 3.97. The second-order valence-electron chi connectivity index (χ2n) is 5.40. The monoisotopic (exact) mass is 276 g/mol.